The fraction of sp³-hybridized carbons (Fsp3) is 0.609. The molecular weight excluding hydrogens is 446 g/mol. The number of amides is 1. The fourth-order valence-corrected chi connectivity index (χ4v) is 5.44. The van der Waals surface area contributed by atoms with Crippen LogP contribution >= 0.6 is 12.4 Å². The number of hydrogen-bond acceptors (Lipinski definition) is 8. The van der Waals surface area contributed by atoms with Crippen LogP contribution in [-0.2, 0) is 9.53 Å². The molecule has 2 aliphatic heterocycles. The van der Waals surface area contributed by atoms with E-state index in [2.05, 4.69) is 14.8 Å². The molecule has 3 heterocycles. The summed E-state index contributed by atoms with van der Waals surface area (Å²) >= 11 is 0. The second-order valence-corrected chi connectivity index (χ2v) is 8.78. The molecule has 2 N–H and O–H groups in total. The van der Waals surface area contributed by atoms with Crippen molar-refractivity contribution in [1.29, 1.82) is 0 Å². The topological polar surface area (TPSA) is 103 Å². The molecule has 2 aromatic rings. The van der Waals surface area contributed by atoms with Gasteiger partial charge in [-0.05, 0) is 31.7 Å². The minimum Gasteiger partial charge on any atom is -0.493 e. The van der Waals surface area contributed by atoms with Crippen LogP contribution in [0.1, 0.15) is 38.5 Å². The molecule has 0 bridgehead atoms. The van der Waals surface area contributed by atoms with Gasteiger partial charge in [-0.3, -0.25) is 4.79 Å². The van der Waals surface area contributed by atoms with Crippen molar-refractivity contribution in [2.75, 3.05) is 44.5 Å². The van der Waals surface area contributed by atoms with Crippen LogP contribution in [0.5, 0.6) is 11.5 Å². The van der Waals surface area contributed by atoms with Gasteiger partial charge in [0.1, 0.15) is 11.9 Å². The third-order valence-electron chi connectivity index (χ3n) is 7.04. The number of carbonyl (C=O) groups is 1. The summed E-state index contributed by atoms with van der Waals surface area (Å²) in [7, 11) is 3.20. The maximum Gasteiger partial charge on any atom is 0.252 e. The van der Waals surface area contributed by atoms with Gasteiger partial charge in [-0.1, -0.05) is 12.8 Å². The van der Waals surface area contributed by atoms with Gasteiger partial charge in [-0.15, -0.1) is 12.4 Å². The number of carbonyl (C=O) groups excluding carboxylic acids is 1. The van der Waals surface area contributed by atoms with Gasteiger partial charge in [0, 0.05) is 31.1 Å². The zero-order valence-corrected chi connectivity index (χ0v) is 20.0. The normalized spacial score (nSPS) is 24.8. The van der Waals surface area contributed by atoms with Crippen molar-refractivity contribution in [3.05, 3.63) is 12.1 Å². The van der Waals surface area contributed by atoms with Gasteiger partial charge in [0.15, 0.2) is 11.5 Å². The highest BCUT2D eigenvalue weighted by atomic mass is 35.5. The minimum absolute atomic E-state index is 0. The molecule has 33 heavy (non-hydrogen) atoms. The molecule has 180 valence electrons. The maximum absolute atomic E-state index is 13.2. The number of halogens is 1. The molecule has 5 rings (SSSR count). The van der Waals surface area contributed by atoms with Crippen LogP contribution < -0.4 is 20.1 Å². The lowest BCUT2D eigenvalue weighted by Gasteiger charge is -2.50. The van der Waals surface area contributed by atoms with E-state index < -0.39 is 0 Å². The number of nitrogens with zero attached hydrogens (tertiary/aromatic N) is 4. The molecule has 0 spiro atoms. The number of benzene rings is 1. The van der Waals surface area contributed by atoms with E-state index in [0.29, 0.717) is 43.0 Å². The molecule has 3 aliphatic rings. The van der Waals surface area contributed by atoms with Crippen LogP contribution in [0, 0.1) is 0 Å². The molecule has 0 radical (unpaired) electrons. The summed E-state index contributed by atoms with van der Waals surface area (Å²) in [5.74, 6) is 2.37. The molecule has 1 aromatic heterocycles. The first-order valence-electron chi connectivity index (χ1n) is 11.5. The molecule has 1 amide bonds. The van der Waals surface area contributed by atoms with Crippen molar-refractivity contribution in [2.24, 2.45) is 0 Å². The minimum atomic E-state index is -0.279. The van der Waals surface area contributed by atoms with Gasteiger partial charge in [0.25, 0.3) is 5.91 Å². The second-order valence-electron chi connectivity index (χ2n) is 8.78. The molecule has 1 unspecified atom stereocenters. The van der Waals surface area contributed by atoms with Gasteiger partial charge in [-0.2, -0.15) is 4.98 Å². The number of fused-ring (bicyclic) bond motifs is 2. The summed E-state index contributed by atoms with van der Waals surface area (Å²) in [5, 5.41) is 0.735. The van der Waals surface area contributed by atoms with E-state index in [1.54, 1.807) is 14.2 Å². The summed E-state index contributed by atoms with van der Waals surface area (Å²) < 4.78 is 16.5. The van der Waals surface area contributed by atoms with Crippen LogP contribution in [0.25, 0.3) is 10.9 Å². The van der Waals surface area contributed by atoms with Gasteiger partial charge < -0.3 is 29.7 Å². The average molecular weight is 478 g/mol. The van der Waals surface area contributed by atoms with Gasteiger partial charge in [0.2, 0.25) is 5.95 Å². The Morgan fingerprint density at radius 1 is 1.03 bits per heavy atom. The Morgan fingerprint density at radius 2 is 1.76 bits per heavy atom. The largest absolute Gasteiger partial charge is 0.493 e. The number of hydrogen-bond donors (Lipinski definition) is 1. The number of anilines is 2. The quantitative estimate of drug-likeness (QED) is 0.717. The van der Waals surface area contributed by atoms with Gasteiger partial charge in [0.05, 0.1) is 31.8 Å². The van der Waals surface area contributed by atoms with E-state index in [1.807, 2.05) is 12.1 Å². The summed E-state index contributed by atoms with van der Waals surface area (Å²) in [4.78, 5) is 27.0. The third-order valence-corrected chi connectivity index (χ3v) is 7.04. The fourth-order valence-electron chi connectivity index (χ4n) is 5.44. The van der Waals surface area contributed by atoms with E-state index in [9.17, 15) is 4.79 Å². The Labute approximate surface area is 200 Å². The first-order chi connectivity index (χ1) is 15.6. The van der Waals surface area contributed by atoms with Gasteiger partial charge >= 0.3 is 0 Å². The van der Waals surface area contributed by atoms with Crippen molar-refractivity contribution in [3.8, 4) is 11.5 Å². The van der Waals surface area contributed by atoms with Crippen LogP contribution in [0.3, 0.4) is 0 Å². The Kier molecular flexibility index (Phi) is 6.99. The molecule has 1 aromatic carbocycles. The van der Waals surface area contributed by atoms with Crippen molar-refractivity contribution >= 4 is 41.0 Å². The van der Waals surface area contributed by atoms with Crippen molar-refractivity contribution in [3.63, 3.8) is 0 Å². The molecule has 2 saturated heterocycles. The van der Waals surface area contributed by atoms with Gasteiger partial charge in [-0.25, -0.2) is 4.98 Å². The lowest BCUT2D eigenvalue weighted by molar-refractivity contribution is -0.145. The van der Waals surface area contributed by atoms with E-state index in [4.69, 9.17) is 24.9 Å². The third kappa shape index (κ3) is 4.24. The number of rotatable bonds is 4. The zero-order valence-electron chi connectivity index (χ0n) is 19.2. The number of ether oxygens (including phenoxy) is 3. The summed E-state index contributed by atoms with van der Waals surface area (Å²) in [5.41, 5.74) is 7.07. The monoisotopic (exact) mass is 477 g/mol. The lowest BCUT2D eigenvalue weighted by atomic mass is 9.86. The zero-order chi connectivity index (χ0) is 22.2. The summed E-state index contributed by atoms with van der Waals surface area (Å²) in [6.45, 7) is 2.01. The standard InChI is InChI=1S/C23H31N5O4.ClH/c1-30-19-12-14-15(13-20(19)31-2)25-23(26-21(14)24)28-10-9-27(16-6-3-4-7-17(16)28)22(29)18-8-5-11-32-18;/h12-13,16-18H,3-11H2,1-2H3,(H2,24,25,26);1H/t16-,17+,18?;/m1./s1. The highest BCUT2D eigenvalue weighted by Crippen LogP contribution is 2.37. The van der Waals surface area contributed by atoms with Crippen LogP contribution in [0.2, 0.25) is 0 Å². The molecule has 3 atom stereocenters. The van der Waals surface area contributed by atoms with E-state index in [0.717, 1.165) is 49.4 Å². The van der Waals surface area contributed by atoms with Crippen LogP contribution in [0.4, 0.5) is 11.8 Å². The van der Waals surface area contributed by atoms with E-state index >= 15 is 0 Å². The predicted molar refractivity (Wildman–Crippen MR) is 128 cm³/mol. The van der Waals surface area contributed by atoms with Crippen molar-refractivity contribution < 1.29 is 19.0 Å². The highest BCUT2D eigenvalue weighted by molar-refractivity contribution is 5.92. The number of piperazine rings is 1. The maximum atomic E-state index is 13.2. The second kappa shape index (κ2) is 9.77. The average Bonchev–Trinajstić information content (AvgIpc) is 3.37. The lowest BCUT2D eigenvalue weighted by Crippen LogP contribution is -2.63. The number of nitrogen functional groups attached to an aromatic ring is 1. The number of methoxy groups -OCH3 is 2. The van der Waals surface area contributed by atoms with Crippen LogP contribution in [-0.4, -0.2) is 72.9 Å². The highest BCUT2D eigenvalue weighted by Gasteiger charge is 2.43. The predicted octanol–water partition coefficient (Wildman–Crippen LogP) is 2.79. The molecule has 1 aliphatic carbocycles. The Balaban J connectivity index is 0.00000259. The Morgan fingerprint density at radius 3 is 2.45 bits per heavy atom. The molecule has 9 nitrogen and oxygen atoms in total. The summed E-state index contributed by atoms with van der Waals surface area (Å²) in [6.07, 6.45) is 5.77. The first kappa shape index (κ1) is 23.6. The van der Waals surface area contributed by atoms with Crippen LogP contribution in [0.15, 0.2) is 12.1 Å². The molecule has 1 saturated carbocycles. The Hall–Kier alpha value is -2.52. The Bertz CT molecular complexity index is 1020. The molecule has 10 heteroatoms. The van der Waals surface area contributed by atoms with E-state index in [1.165, 1.54) is 0 Å². The SMILES string of the molecule is COc1cc2nc(N3CCN(C(=O)C4CCCO4)[C@@H]4CCCC[C@@H]43)nc(N)c2cc1OC.Cl. The molecular formula is C23H32ClN5O4. The first-order valence-corrected chi connectivity index (χ1v) is 11.5. The number of nitrogens with two attached hydrogens (primary N) is 1. The number of aromatic nitrogens is 2. The van der Waals surface area contributed by atoms with Crippen molar-refractivity contribution in [2.45, 2.75) is 56.7 Å². The summed E-state index contributed by atoms with van der Waals surface area (Å²) in [6, 6.07) is 3.99. The smallest absolute Gasteiger partial charge is 0.252 e. The van der Waals surface area contributed by atoms with Crippen molar-refractivity contribution in [1.82, 2.24) is 14.9 Å². The van der Waals surface area contributed by atoms with E-state index in [-0.39, 0.29) is 36.5 Å². The molecule has 3 fully saturated rings.